The van der Waals surface area contributed by atoms with Gasteiger partial charge in [-0.25, -0.2) is 4.98 Å². The Kier molecular flexibility index (Phi) is 6.99. The minimum atomic E-state index is -0.159. The van der Waals surface area contributed by atoms with Crippen molar-refractivity contribution >= 4 is 34.2 Å². The van der Waals surface area contributed by atoms with Gasteiger partial charge in [-0.05, 0) is 49.1 Å². The molecular formula is C28H25N6OS+. The Bertz CT molecular complexity index is 1440. The number of thiazole rings is 1. The molecular weight excluding hydrogens is 468 g/mol. The molecule has 8 heteroatoms. The van der Waals surface area contributed by atoms with Crippen molar-refractivity contribution in [1.82, 2.24) is 10.3 Å². The van der Waals surface area contributed by atoms with Crippen molar-refractivity contribution in [2.24, 2.45) is 0 Å². The lowest BCUT2D eigenvalue weighted by molar-refractivity contribution is -0.475. The number of hydrogen-bond acceptors (Lipinski definition) is 6. The van der Waals surface area contributed by atoms with E-state index in [1.165, 1.54) is 4.88 Å². The van der Waals surface area contributed by atoms with Crippen LogP contribution in [0.1, 0.15) is 50.5 Å². The molecule has 0 fully saturated rings. The summed E-state index contributed by atoms with van der Waals surface area (Å²) in [6.07, 6.45) is 7.40. The fourth-order valence-electron chi connectivity index (χ4n) is 4.45. The third-order valence-corrected chi connectivity index (χ3v) is 7.38. The van der Waals surface area contributed by atoms with Gasteiger partial charge in [-0.3, -0.25) is 10.1 Å². The molecule has 1 unspecified atom stereocenters. The molecule has 0 bridgehead atoms. The lowest BCUT2D eigenvalue weighted by Gasteiger charge is -2.21. The van der Waals surface area contributed by atoms with Crippen LogP contribution < -0.4 is 10.6 Å². The van der Waals surface area contributed by atoms with Crippen LogP contribution in [-0.2, 0) is 19.4 Å². The SMILES string of the molecule is N#CCCNC1CCc2nc(NC(=O)c3cccc(C[N+]4=CC(c5ccc(C#N)cc5)=C4)c3)sc2C1. The minimum absolute atomic E-state index is 0.159. The number of aryl methyl sites for hydroxylation is 1. The van der Waals surface area contributed by atoms with Crippen LogP contribution in [0.15, 0.2) is 54.7 Å². The van der Waals surface area contributed by atoms with Gasteiger partial charge in [0.15, 0.2) is 24.1 Å². The zero-order valence-electron chi connectivity index (χ0n) is 19.7. The molecule has 2 heterocycles. The predicted octanol–water partition coefficient (Wildman–Crippen LogP) is 4.27. The molecule has 1 amide bonds. The molecule has 5 rings (SSSR count). The third kappa shape index (κ3) is 5.41. The number of anilines is 1. The maximum Gasteiger partial charge on any atom is 0.257 e. The molecule has 1 aromatic heterocycles. The smallest absolute Gasteiger partial charge is 0.257 e. The van der Waals surface area contributed by atoms with Gasteiger partial charge in [0, 0.05) is 35.0 Å². The van der Waals surface area contributed by atoms with Gasteiger partial charge in [0.05, 0.1) is 23.4 Å². The van der Waals surface area contributed by atoms with Crippen LogP contribution in [0.2, 0.25) is 0 Å². The van der Waals surface area contributed by atoms with Crippen LogP contribution in [0, 0.1) is 22.7 Å². The predicted molar refractivity (Wildman–Crippen MR) is 140 cm³/mol. The van der Waals surface area contributed by atoms with Crippen molar-refractivity contribution in [3.05, 3.63) is 87.6 Å². The molecule has 0 spiro atoms. The number of hydrogen-bond donors (Lipinski definition) is 2. The maximum absolute atomic E-state index is 12.9. The van der Waals surface area contributed by atoms with Crippen LogP contribution >= 0.6 is 11.3 Å². The first-order valence-corrected chi connectivity index (χ1v) is 12.7. The monoisotopic (exact) mass is 493 g/mol. The average Bonchev–Trinajstić information content (AvgIpc) is 3.28. The highest BCUT2D eigenvalue weighted by molar-refractivity contribution is 7.15. The molecule has 2 aromatic carbocycles. The Labute approximate surface area is 214 Å². The summed E-state index contributed by atoms with van der Waals surface area (Å²) in [5.74, 6) is -0.159. The van der Waals surface area contributed by atoms with Crippen molar-refractivity contribution in [1.29, 1.82) is 10.5 Å². The number of rotatable bonds is 8. The number of aromatic nitrogens is 1. The largest absolute Gasteiger partial charge is 0.313 e. The van der Waals surface area contributed by atoms with Gasteiger partial charge in [0.1, 0.15) is 5.57 Å². The summed E-state index contributed by atoms with van der Waals surface area (Å²) in [7, 11) is 0. The molecule has 2 aliphatic rings. The Balaban J connectivity index is 1.17. The first kappa shape index (κ1) is 23.6. The number of amides is 1. The Morgan fingerprint density at radius 3 is 2.81 bits per heavy atom. The Morgan fingerprint density at radius 2 is 2.03 bits per heavy atom. The normalized spacial score (nSPS) is 16.0. The summed E-state index contributed by atoms with van der Waals surface area (Å²) >= 11 is 1.54. The van der Waals surface area contributed by atoms with E-state index in [0.29, 0.717) is 41.8 Å². The summed E-state index contributed by atoms with van der Waals surface area (Å²) in [6, 6.07) is 19.8. The molecule has 0 saturated heterocycles. The van der Waals surface area contributed by atoms with Gasteiger partial charge in [-0.2, -0.15) is 15.1 Å². The number of carbonyl (C=O) groups excluding carboxylic acids is 1. The number of nitrogens with one attached hydrogen (secondary N) is 2. The second-order valence-corrected chi connectivity index (χ2v) is 10.0. The second-order valence-electron chi connectivity index (χ2n) is 8.92. The van der Waals surface area contributed by atoms with E-state index in [2.05, 4.69) is 44.7 Å². The highest BCUT2D eigenvalue weighted by Gasteiger charge is 2.23. The van der Waals surface area contributed by atoms with Gasteiger partial charge >= 0.3 is 0 Å². The molecule has 3 aromatic rings. The molecule has 0 saturated carbocycles. The summed E-state index contributed by atoms with van der Waals surface area (Å²) in [4.78, 5) is 18.8. The quantitative estimate of drug-likeness (QED) is 0.360. The van der Waals surface area contributed by atoms with E-state index in [1.54, 1.807) is 11.3 Å². The lowest BCUT2D eigenvalue weighted by Crippen LogP contribution is -2.34. The van der Waals surface area contributed by atoms with Crippen LogP contribution in [0.4, 0.5) is 5.13 Å². The first-order valence-electron chi connectivity index (χ1n) is 11.9. The van der Waals surface area contributed by atoms with Crippen molar-refractivity contribution in [2.75, 3.05) is 11.9 Å². The van der Waals surface area contributed by atoms with Crippen LogP contribution in [0.3, 0.4) is 0 Å². The van der Waals surface area contributed by atoms with Crippen molar-refractivity contribution < 1.29 is 9.37 Å². The van der Waals surface area contributed by atoms with Gasteiger partial charge in [0.2, 0.25) is 0 Å². The van der Waals surface area contributed by atoms with Gasteiger partial charge in [-0.15, -0.1) is 11.3 Å². The summed E-state index contributed by atoms with van der Waals surface area (Å²) in [5.41, 5.74) is 5.56. The summed E-state index contributed by atoms with van der Waals surface area (Å²) < 4.78 is 2.08. The zero-order chi connectivity index (χ0) is 24.9. The molecule has 7 nitrogen and oxygen atoms in total. The van der Waals surface area contributed by atoms with Crippen LogP contribution in [0.5, 0.6) is 0 Å². The van der Waals surface area contributed by atoms with Crippen molar-refractivity contribution in [3.63, 3.8) is 0 Å². The molecule has 1 aliphatic heterocycles. The average molecular weight is 494 g/mol. The number of nitriles is 2. The van der Waals surface area contributed by atoms with Crippen molar-refractivity contribution in [2.45, 2.75) is 38.3 Å². The van der Waals surface area contributed by atoms with Gasteiger partial charge in [-0.1, -0.05) is 24.3 Å². The van der Waals surface area contributed by atoms with Gasteiger partial charge in [0.25, 0.3) is 5.91 Å². The van der Waals surface area contributed by atoms with Crippen LogP contribution in [-0.4, -0.2) is 34.3 Å². The number of benzene rings is 2. The zero-order valence-corrected chi connectivity index (χ0v) is 20.5. The third-order valence-electron chi connectivity index (χ3n) is 6.34. The van der Waals surface area contributed by atoms with E-state index in [9.17, 15) is 4.79 Å². The second kappa shape index (κ2) is 10.7. The topological polar surface area (TPSA) is 105 Å². The number of fused-ring (bicyclic) bond motifs is 1. The molecule has 36 heavy (non-hydrogen) atoms. The van der Waals surface area contributed by atoms with E-state index in [0.717, 1.165) is 41.7 Å². The standard InChI is InChI=1S/C28H24N6OS/c29-11-2-12-31-24-9-10-25-26(14-24)36-28(32-25)33-27(35)22-4-1-3-20(13-22)16-34-17-23(18-34)21-7-5-19(15-30)6-8-21/h1,3-8,13,17-18,24,31H,2,9-10,12,14,16H2/p+1. The summed E-state index contributed by atoms with van der Waals surface area (Å²) in [5, 5.41) is 24.7. The molecule has 0 radical (unpaired) electrons. The Morgan fingerprint density at radius 1 is 1.19 bits per heavy atom. The van der Waals surface area contributed by atoms with E-state index < -0.39 is 0 Å². The lowest BCUT2D eigenvalue weighted by atomic mass is 9.98. The maximum atomic E-state index is 12.9. The molecule has 2 N–H and O–H groups in total. The first-order chi connectivity index (χ1) is 17.6. The van der Waals surface area contributed by atoms with Gasteiger partial charge < -0.3 is 5.32 Å². The van der Waals surface area contributed by atoms with Crippen LogP contribution in [0.25, 0.3) is 5.57 Å². The molecule has 178 valence electrons. The van der Waals surface area contributed by atoms with E-state index in [4.69, 9.17) is 10.5 Å². The highest BCUT2D eigenvalue weighted by Crippen LogP contribution is 2.30. The van der Waals surface area contributed by atoms with E-state index >= 15 is 0 Å². The fraction of sp³-hybridized carbons (Fsp3) is 0.250. The fourth-order valence-corrected chi connectivity index (χ4v) is 5.53. The van der Waals surface area contributed by atoms with Crippen molar-refractivity contribution in [3.8, 4) is 12.1 Å². The Hall–Kier alpha value is -4.11. The van der Waals surface area contributed by atoms with E-state index in [-0.39, 0.29) is 5.91 Å². The summed E-state index contributed by atoms with van der Waals surface area (Å²) in [6.45, 7) is 1.38. The van der Waals surface area contributed by atoms with E-state index in [1.807, 2.05) is 48.5 Å². The minimum Gasteiger partial charge on any atom is -0.313 e. The molecule has 1 atom stereocenters. The number of nitrogens with zero attached hydrogens (tertiary/aromatic N) is 4. The highest BCUT2D eigenvalue weighted by atomic mass is 32.1. The number of carbonyl (C=O) groups is 1. The molecule has 1 aliphatic carbocycles. The number of allylic oxidation sites excluding steroid dienone is 1.